The van der Waals surface area contributed by atoms with Crippen LogP contribution < -0.4 is 11.1 Å². The first-order valence-corrected chi connectivity index (χ1v) is 13.5. The number of hydrogen-bond acceptors (Lipinski definition) is 6. The number of carbonyl (C=O) groups excluding carboxylic acids is 1. The zero-order valence-electron chi connectivity index (χ0n) is 23.8. The van der Waals surface area contributed by atoms with Crippen molar-refractivity contribution >= 4 is 11.9 Å². The molecule has 0 bridgehead atoms. The SMILES string of the molecule is CC(N)COCCOC(C)COCC(C)NC(=O)C(C(C)C)C(CC(c1ccccc1)C(C)C)C(=O)O. The zero-order chi connectivity index (χ0) is 28.0. The van der Waals surface area contributed by atoms with E-state index in [0.29, 0.717) is 39.5 Å². The van der Waals surface area contributed by atoms with Crippen LogP contribution in [0.15, 0.2) is 30.3 Å². The highest BCUT2D eigenvalue weighted by Crippen LogP contribution is 2.36. The van der Waals surface area contributed by atoms with E-state index in [-0.39, 0.29) is 41.8 Å². The lowest BCUT2D eigenvalue weighted by molar-refractivity contribution is -0.149. The van der Waals surface area contributed by atoms with Crippen molar-refractivity contribution in [3.63, 3.8) is 0 Å². The molecule has 6 unspecified atom stereocenters. The molecule has 0 aromatic heterocycles. The second-order valence-electron chi connectivity index (χ2n) is 10.9. The number of amides is 1. The molecule has 0 aliphatic heterocycles. The number of nitrogens with two attached hydrogens (primary N) is 1. The highest BCUT2D eigenvalue weighted by atomic mass is 16.5. The van der Waals surface area contributed by atoms with Crippen LogP contribution >= 0.6 is 0 Å². The maximum atomic E-state index is 13.3. The number of carboxylic acids is 1. The van der Waals surface area contributed by atoms with Gasteiger partial charge in [-0.2, -0.15) is 0 Å². The highest BCUT2D eigenvalue weighted by molar-refractivity contribution is 5.85. The lowest BCUT2D eigenvalue weighted by Gasteiger charge is -2.32. The van der Waals surface area contributed by atoms with Gasteiger partial charge in [-0.3, -0.25) is 9.59 Å². The first kappa shape index (κ1) is 33.0. The Kier molecular flexibility index (Phi) is 15.6. The number of aliphatic carboxylic acids is 1. The van der Waals surface area contributed by atoms with Gasteiger partial charge in [0.2, 0.25) is 5.91 Å². The van der Waals surface area contributed by atoms with Crippen molar-refractivity contribution in [2.45, 2.75) is 79.0 Å². The Bertz CT molecular complexity index is 771. The van der Waals surface area contributed by atoms with Crippen molar-refractivity contribution < 1.29 is 28.9 Å². The second-order valence-corrected chi connectivity index (χ2v) is 10.9. The first-order chi connectivity index (χ1) is 17.4. The number of hydrogen-bond donors (Lipinski definition) is 3. The molecule has 4 N–H and O–H groups in total. The zero-order valence-corrected chi connectivity index (χ0v) is 23.8. The van der Waals surface area contributed by atoms with Crippen LogP contribution in [-0.4, -0.2) is 68.2 Å². The van der Waals surface area contributed by atoms with E-state index >= 15 is 0 Å². The summed E-state index contributed by atoms with van der Waals surface area (Å²) in [5, 5.41) is 13.1. The van der Waals surface area contributed by atoms with Crippen molar-refractivity contribution in [3.8, 4) is 0 Å². The third kappa shape index (κ3) is 12.9. The van der Waals surface area contributed by atoms with Crippen LogP contribution in [0.4, 0.5) is 0 Å². The molecule has 212 valence electrons. The molecule has 0 heterocycles. The fourth-order valence-corrected chi connectivity index (χ4v) is 4.54. The summed E-state index contributed by atoms with van der Waals surface area (Å²) in [5.74, 6) is -2.47. The lowest BCUT2D eigenvalue weighted by Crippen LogP contribution is -2.46. The van der Waals surface area contributed by atoms with E-state index in [0.717, 1.165) is 5.56 Å². The summed E-state index contributed by atoms with van der Waals surface area (Å²) < 4.78 is 16.8. The van der Waals surface area contributed by atoms with Gasteiger partial charge in [0.1, 0.15) is 0 Å². The van der Waals surface area contributed by atoms with Crippen molar-refractivity contribution in [2.75, 3.05) is 33.0 Å². The quantitative estimate of drug-likeness (QED) is 0.234. The van der Waals surface area contributed by atoms with E-state index in [2.05, 4.69) is 19.2 Å². The normalized spacial score (nSPS) is 16.7. The van der Waals surface area contributed by atoms with Gasteiger partial charge in [0.05, 0.1) is 51.0 Å². The second kappa shape index (κ2) is 17.5. The molecule has 0 radical (unpaired) electrons. The Morgan fingerprint density at radius 1 is 0.892 bits per heavy atom. The van der Waals surface area contributed by atoms with Gasteiger partial charge in [-0.25, -0.2) is 0 Å². The summed E-state index contributed by atoms with van der Waals surface area (Å²) in [4.78, 5) is 25.7. The standard InChI is InChI=1S/C29H50N2O6/c1-19(2)25(24-11-9-8-10-12-24)15-26(29(33)34)27(20(3)4)28(32)31-22(6)17-36-18-23(7)37-14-13-35-16-21(5)30/h8-12,19-23,25-27H,13-18,30H2,1-7H3,(H,31,32)(H,33,34). The smallest absolute Gasteiger partial charge is 0.307 e. The Labute approximate surface area is 223 Å². The van der Waals surface area contributed by atoms with Crippen molar-refractivity contribution in [3.05, 3.63) is 35.9 Å². The molecule has 0 fully saturated rings. The number of nitrogens with one attached hydrogen (secondary N) is 1. The summed E-state index contributed by atoms with van der Waals surface area (Å²) in [6, 6.07) is 9.69. The minimum atomic E-state index is -0.935. The van der Waals surface area contributed by atoms with Gasteiger partial charge in [-0.15, -0.1) is 0 Å². The molecule has 8 heteroatoms. The molecule has 0 saturated carbocycles. The van der Waals surface area contributed by atoms with Crippen molar-refractivity contribution in [1.82, 2.24) is 5.32 Å². The van der Waals surface area contributed by atoms with Gasteiger partial charge in [-0.1, -0.05) is 58.0 Å². The molecule has 6 atom stereocenters. The van der Waals surface area contributed by atoms with Gasteiger partial charge in [-0.05, 0) is 50.5 Å². The number of carbonyl (C=O) groups is 2. The molecule has 8 nitrogen and oxygen atoms in total. The molecule has 0 saturated heterocycles. The Hall–Kier alpha value is -2.00. The van der Waals surface area contributed by atoms with E-state index in [4.69, 9.17) is 19.9 Å². The monoisotopic (exact) mass is 522 g/mol. The van der Waals surface area contributed by atoms with Crippen LogP contribution in [0.3, 0.4) is 0 Å². The molecule has 37 heavy (non-hydrogen) atoms. The van der Waals surface area contributed by atoms with E-state index in [9.17, 15) is 14.7 Å². The van der Waals surface area contributed by atoms with Crippen molar-refractivity contribution in [1.29, 1.82) is 0 Å². The fraction of sp³-hybridized carbons (Fsp3) is 0.724. The van der Waals surface area contributed by atoms with Crippen LogP contribution in [0.1, 0.15) is 66.4 Å². The molecular formula is C29H50N2O6. The van der Waals surface area contributed by atoms with Gasteiger partial charge < -0.3 is 30.4 Å². The Morgan fingerprint density at radius 3 is 2.08 bits per heavy atom. The largest absolute Gasteiger partial charge is 0.481 e. The Morgan fingerprint density at radius 2 is 1.54 bits per heavy atom. The fourth-order valence-electron chi connectivity index (χ4n) is 4.54. The van der Waals surface area contributed by atoms with Gasteiger partial charge in [0.15, 0.2) is 0 Å². The highest BCUT2D eigenvalue weighted by Gasteiger charge is 2.38. The number of ether oxygens (including phenoxy) is 3. The van der Waals surface area contributed by atoms with Gasteiger partial charge >= 0.3 is 5.97 Å². The van der Waals surface area contributed by atoms with Crippen LogP contribution in [0.5, 0.6) is 0 Å². The summed E-state index contributed by atoms with van der Waals surface area (Å²) in [5.41, 5.74) is 6.74. The molecule has 1 aromatic rings. The minimum absolute atomic E-state index is 0.000906. The van der Waals surface area contributed by atoms with Crippen LogP contribution in [-0.2, 0) is 23.8 Å². The average molecular weight is 523 g/mol. The van der Waals surface area contributed by atoms with E-state index in [1.807, 2.05) is 65.0 Å². The van der Waals surface area contributed by atoms with Gasteiger partial charge in [0.25, 0.3) is 0 Å². The van der Waals surface area contributed by atoms with Gasteiger partial charge in [0, 0.05) is 12.1 Å². The molecule has 1 amide bonds. The molecule has 0 aliphatic carbocycles. The predicted octanol–water partition coefficient (Wildman–Crippen LogP) is 4.08. The van der Waals surface area contributed by atoms with E-state index < -0.39 is 17.8 Å². The van der Waals surface area contributed by atoms with Crippen LogP contribution in [0.2, 0.25) is 0 Å². The van der Waals surface area contributed by atoms with E-state index in [1.54, 1.807) is 0 Å². The number of carboxylic acid groups (broad SMARTS) is 1. The summed E-state index contributed by atoms with van der Waals surface area (Å²) >= 11 is 0. The molecule has 1 aromatic carbocycles. The molecular weight excluding hydrogens is 472 g/mol. The Balaban J connectivity index is 2.66. The third-order valence-corrected chi connectivity index (χ3v) is 6.43. The summed E-state index contributed by atoms with van der Waals surface area (Å²) in [6.45, 7) is 15.8. The molecule has 0 spiro atoms. The molecule has 0 aliphatic rings. The summed E-state index contributed by atoms with van der Waals surface area (Å²) in [6.07, 6.45) is 0.286. The van der Waals surface area contributed by atoms with Crippen molar-refractivity contribution in [2.24, 2.45) is 29.4 Å². The number of rotatable bonds is 19. The maximum Gasteiger partial charge on any atom is 0.307 e. The van der Waals surface area contributed by atoms with E-state index in [1.165, 1.54) is 0 Å². The summed E-state index contributed by atoms with van der Waals surface area (Å²) in [7, 11) is 0. The predicted molar refractivity (Wildman–Crippen MR) is 146 cm³/mol. The topological polar surface area (TPSA) is 120 Å². The minimum Gasteiger partial charge on any atom is -0.481 e. The van der Waals surface area contributed by atoms with Crippen LogP contribution in [0.25, 0.3) is 0 Å². The first-order valence-electron chi connectivity index (χ1n) is 13.5. The number of benzene rings is 1. The van der Waals surface area contributed by atoms with Crippen LogP contribution in [0, 0.1) is 23.7 Å². The maximum absolute atomic E-state index is 13.3. The molecule has 1 rings (SSSR count). The third-order valence-electron chi connectivity index (χ3n) is 6.43. The average Bonchev–Trinajstić information content (AvgIpc) is 2.80. The lowest BCUT2D eigenvalue weighted by atomic mass is 9.73.